The summed E-state index contributed by atoms with van der Waals surface area (Å²) in [5, 5.41) is 4.80. The molecule has 5 nitrogen and oxygen atoms in total. The summed E-state index contributed by atoms with van der Waals surface area (Å²) in [6.07, 6.45) is 2.17. The molecule has 1 atom stereocenters. The highest BCUT2D eigenvalue weighted by Crippen LogP contribution is 2.19. The Bertz CT molecular complexity index is 557. The molecule has 22 heavy (non-hydrogen) atoms. The Kier molecular flexibility index (Phi) is 5.98. The largest absolute Gasteiger partial charge is 0.390 e. The van der Waals surface area contributed by atoms with Crippen molar-refractivity contribution < 1.29 is 14.4 Å². The number of hydrogen-bond acceptors (Lipinski definition) is 4. The minimum atomic E-state index is -0.161. The Balaban J connectivity index is 1.94. The second-order valence-electron chi connectivity index (χ2n) is 5.00. The third kappa shape index (κ3) is 4.32. The quantitative estimate of drug-likeness (QED) is 0.725. The average Bonchev–Trinajstić information content (AvgIpc) is 2.96. The van der Waals surface area contributed by atoms with Gasteiger partial charge in [0.2, 0.25) is 5.91 Å². The van der Waals surface area contributed by atoms with Crippen LogP contribution < -0.4 is 0 Å². The molecule has 0 saturated heterocycles. The van der Waals surface area contributed by atoms with E-state index in [1.54, 1.807) is 11.0 Å². The molecule has 1 aromatic carbocycles. The van der Waals surface area contributed by atoms with Gasteiger partial charge in [-0.1, -0.05) is 35.0 Å². The molecule has 0 saturated carbocycles. The van der Waals surface area contributed by atoms with E-state index in [0.29, 0.717) is 24.5 Å². The molecule has 1 aromatic rings. The lowest BCUT2D eigenvalue weighted by Gasteiger charge is -2.23. The first-order valence-electron chi connectivity index (χ1n) is 7.00. The highest BCUT2D eigenvalue weighted by Gasteiger charge is 2.26. The minimum absolute atomic E-state index is 0.0471. The number of methoxy groups -OCH3 is 1. The summed E-state index contributed by atoms with van der Waals surface area (Å²) >= 11 is 5.88. The molecule has 6 heteroatoms. The van der Waals surface area contributed by atoms with Gasteiger partial charge in [-0.3, -0.25) is 4.79 Å². The third-order valence-electron chi connectivity index (χ3n) is 3.30. The van der Waals surface area contributed by atoms with Crippen LogP contribution in [0.4, 0.5) is 0 Å². The summed E-state index contributed by atoms with van der Waals surface area (Å²) in [5.41, 5.74) is 1.84. The number of halogens is 1. The summed E-state index contributed by atoms with van der Waals surface area (Å²) in [6.45, 7) is 4.63. The number of oxime groups is 1. The number of nitrogens with zero attached hydrogens (tertiary/aromatic N) is 2. The molecule has 0 spiro atoms. The molecule has 1 unspecified atom stereocenters. The Morgan fingerprint density at radius 3 is 2.91 bits per heavy atom. The smallest absolute Gasteiger partial charge is 0.248 e. The summed E-state index contributed by atoms with van der Waals surface area (Å²) in [4.78, 5) is 19.1. The minimum Gasteiger partial charge on any atom is -0.390 e. The Labute approximate surface area is 135 Å². The average molecular weight is 323 g/mol. The van der Waals surface area contributed by atoms with E-state index in [1.165, 1.54) is 7.11 Å². The maximum absolute atomic E-state index is 12.0. The van der Waals surface area contributed by atoms with Gasteiger partial charge in [-0.2, -0.15) is 0 Å². The molecule has 1 aliphatic rings. The van der Waals surface area contributed by atoms with Crippen molar-refractivity contribution in [2.24, 2.45) is 5.16 Å². The zero-order valence-corrected chi connectivity index (χ0v) is 13.3. The lowest BCUT2D eigenvalue weighted by molar-refractivity contribution is -0.136. The normalized spacial score (nSPS) is 16.8. The number of benzene rings is 1. The van der Waals surface area contributed by atoms with Gasteiger partial charge in [0.1, 0.15) is 6.61 Å². The lowest BCUT2D eigenvalue weighted by Crippen LogP contribution is -2.39. The van der Waals surface area contributed by atoms with Crippen molar-refractivity contribution in [2.75, 3.05) is 26.8 Å². The second-order valence-corrected chi connectivity index (χ2v) is 5.43. The van der Waals surface area contributed by atoms with Gasteiger partial charge in [-0.25, -0.2) is 0 Å². The fraction of sp³-hybridized carbons (Fsp3) is 0.375. The number of ether oxygens (including phenoxy) is 1. The maximum Gasteiger partial charge on any atom is 0.248 e. The first-order valence-corrected chi connectivity index (χ1v) is 7.38. The topological polar surface area (TPSA) is 51.1 Å². The second kappa shape index (κ2) is 7.96. The van der Waals surface area contributed by atoms with Crippen LogP contribution in [0.25, 0.3) is 0 Å². The number of carbonyl (C=O) groups excluding carboxylic acids is 1. The van der Waals surface area contributed by atoms with Gasteiger partial charge in [0, 0.05) is 25.1 Å². The van der Waals surface area contributed by atoms with E-state index in [9.17, 15) is 4.79 Å². The standard InChI is InChI=1S/C16H19ClN2O3/c1-3-8-19(16(20)11-21-2)10-14-9-15(18-22-14)12-4-6-13(17)7-5-12/h3-7,14H,1,8-11H2,2H3. The van der Waals surface area contributed by atoms with Crippen LogP contribution >= 0.6 is 11.6 Å². The lowest BCUT2D eigenvalue weighted by atomic mass is 10.0. The summed E-state index contributed by atoms with van der Waals surface area (Å²) < 4.78 is 4.89. The van der Waals surface area contributed by atoms with Crippen molar-refractivity contribution in [1.82, 2.24) is 4.90 Å². The van der Waals surface area contributed by atoms with E-state index in [4.69, 9.17) is 21.2 Å². The van der Waals surface area contributed by atoms with Gasteiger partial charge in [0.25, 0.3) is 0 Å². The van der Waals surface area contributed by atoms with Crippen molar-refractivity contribution in [1.29, 1.82) is 0 Å². The number of hydrogen-bond donors (Lipinski definition) is 0. The van der Waals surface area contributed by atoms with E-state index in [0.717, 1.165) is 11.3 Å². The molecule has 0 aromatic heterocycles. The fourth-order valence-electron chi connectivity index (χ4n) is 2.23. The molecule has 0 bridgehead atoms. The monoisotopic (exact) mass is 322 g/mol. The van der Waals surface area contributed by atoms with Gasteiger partial charge < -0.3 is 14.5 Å². The Morgan fingerprint density at radius 1 is 1.55 bits per heavy atom. The highest BCUT2D eigenvalue weighted by molar-refractivity contribution is 6.30. The summed E-state index contributed by atoms with van der Waals surface area (Å²) in [5.74, 6) is -0.0917. The van der Waals surface area contributed by atoms with Crippen LogP contribution in [0, 0.1) is 0 Å². The zero-order chi connectivity index (χ0) is 15.9. The number of amides is 1. The van der Waals surface area contributed by atoms with Crippen LogP contribution in [0.5, 0.6) is 0 Å². The van der Waals surface area contributed by atoms with E-state index in [2.05, 4.69) is 11.7 Å². The highest BCUT2D eigenvalue weighted by atomic mass is 35.5. The molecule has 0 radical (unpaired) electrons. The molecule has 1 heterocycles. The van der Waals surface area contributed by atoms with Crippen LogP contribution in [0.1, 0.15) is 12.0 Å². The van der Waals surface area contributed by atoms with E-state index in [1.807, 2.05) is 24.3 Å². The molecule has 0 N–H and O–H groups in total. The van der Waals surface area contributed by atoms with Crippen LogP contribution in [0.3, 0.4) is 0 Å². The predicted octanol–water partition coefficient (Wildman–Crippen LogP) is 2.49. The van der Waals surface area contributed by atoms with Gasteiger partial charge >= 0.3 is 0 Å². The number of rotatable bonds is 7. The Morgan fingerprint density at radius 2 is 2.27 bits per heavy atom. The molecule has 118 valence electrons. The van der Waals surface area contributed by atoms with Crippen LogP contribution in [-0.4, -0.2) is 49.4 Å². The molecule has 0 aliphatic carbocycles. The first kappa shape index (κ1) is 16.5. The van der Waals surface area contributed by atoms with Crippen LogP contribution in [0.2, 0.25) is 5.02 Å². The predicted molar refractivity (Wildman–Crippen MR) is 86.1 cm³/mol. The number of carbonyl (C=O) groups is 1. The molecular weight excluding hydrogens is 304 g/mol. The molecular formula is C16H19ClN2O3. The third-order valence-corrected chi connectivity index (χ3v) is 3.56. The first-order chi connectivity index (χ1) is 10.6. The molecule has 2 rings (SSSR count). The SMILES string of the molecule is C=CCN(CC1CC(c2ccc(Cl)cc2)=NO1)C(=O)COC. The van der Waals surface area contributed by atoms with Crippen LogP contribution in [-0.2, 0) is 14.4 Å². The molecule has 1 aliphatic heterocycles. The van der Waals surface area contributed by atoms with E-state index >= 15 is 0 Å². The maximum atomic E-state index is 12.0. The van der Waals surface area contributed by atoms with Crippen LogP contribution in [0.15, 0.2) is 42.1 Å². The fourth-order valence-corrected chi connectivity index (χ4v) is 2.36. The Hall–Kier alpha value is -1.85. The van der Waals surface area contributed by atoms with Crippen molar-refractivity contribution >= 4 is 23.2 Å². The van der Waals surface area contributed by atoms with Gasteiger partial charge in [-0.15, -0.1) is 6.58 Å². The van der Waals surface area contributed by atoms with Gasteiger partial charge in [-0.05, 0) is 17.7 Å². The summed E-state index contributed by atoms with van der Waals surface area (Å²) in [7, 11) is 1.50. The van der Waals surface area contributed by atoms with Gasteiger partial charge in [0.05, 0.1) is 12.3 Å². The van der Waals surface area contributed by atoms with Crippen molar-refractivity contribution in [3.63, 3.8) is 0 Å². The van der Waals surface area contributed by atoms with E-state index < -0.39 is 0 Å². The summed E-state index contributed by atoms with van der Waals surface area (Å²) in [6, 6.07) is 7.45. The molecule has 1 amide bonds. The van der Waals surface area contributed by atoms with Crippen molar-refractivity contribution in [2.45, 2.75) is 12.5 Å². The zero-order valence-electron chi connectivity index (χ0n) is 12.5. The van der Waals surface area contributed by atoms with Gasteiger partial charge in [0.15, 0.2) is 6.10 Å². The van der Waals surface area contributed by atoms with E-state index in [-0.39, 0.29) is 18.6 Å². The molecule has 0 fully saturated rings. The van der Waals surface area contributed by atoms with Crippen molar-refractivity contribution in [3.8, 4) is 0 Å². The van der Waals surface area contributed by atoms with Crippen molar-refractivity contribution in [3.05, 3.63) is 47.5 Å².